The number of para-hydroxylation sites is 1. The molecule has 0 saturated heterocycles. The smallest absolute Gasteiger partial charge is 0.408 e. The molecule has 0 radical (unpaired) electrons. The minimum atomic E-state index is -1.09. The van der Waals surface area contributed by atoms with Crippen LogP contribution >= 0.6 is 0 Å². The van der Waals surface area contributed by atoms with Gasteiger partial charge < -0.3 is 25.4 Å². The number of nitrogens with zero attached hydrogens (tertiary/aromatic N) is 1. The number of rotatable bonds is 14. The molecule has 2 aromatic carbocycles. The molecule has 2 aromatic rings. The van der Waals surface area contributed by atoms with E-state index in [1.54, 1.807) is 45.9 Å². The van der Waals surface area contributed by atoms with Gasteiger partial charge in [0.2, 0.25) is 11.8 Å². The number of aryl methyl sites for hydroxylation is 1. The Labute approximate surface area is 245 Å². The zero-order valence-corrected chi connectivity index (χ0v) is 25.8. The molecule has 0 aromatic heterocycles. The first-order chi connectivity index (χ1) is 19.3. The molecule has 3 N–H and O–H groups in total. The standard InChI is InChI=1S/C33H49N3O5/c1-8-9-10-11-15-21-36(28(30(38)34-23(2)3)26-20-16-17-24(4)29(26)37)31(39)27(22-25-18-13-12-14-19-25)35-32(40)41-33(5,6)7/h12-14,16-20,23,27-28,37H,8-11,15,21-22H2,1-7H3,(H,34,38)(H,35,40). The number of phenols is 1. The molecular formula is C33H49N3O5. The maximum absolute atomic E-state index is 14.5. The van der Waals surface area contributed by atoms with Crippen LogP contribution in [-0.4, -0.2) is 52.1 Å². The Kier molecular flexibility index (Phi) is 13.2. The quantitative estimate of drug-likeness (QED) is 0.236. The average Bonchev–Trinajstić information content (AvgIpc) is 2.88. The molecule has 8 nitrogen and oxygen atoms in total. The summed E-state index contributed by atoms with van der Waals surface area (Å²) in [5, 5.41) is 16.8. The number of hydrogen-bond acceptors (Lipinski definition) is 5. The lowest BCUT2D eigenvalue weighted by molar-refractivity contribution is -0.142. The summed E-state index contributed by atoms with van der Waals surface area (Å²) in [4.78, 5) is 42.7. The van der Waals surface area contributed by atoms with Crippen LogP contribution in [0, 0.1) is 6.92 Å². The van der Waals surface area contributed by atoms with Crippen molar-refractivity contribution in [2.75, 3.05) is 6.54 Å². The van der Waals surface area contributed by atoms with Crippen LogP contribution in [0.15, 0.2) is 48.5 Å². The maximum Gasteiger partial charge on any atom is 0.408 e. The van der Waals surface area contributed by atoms with Gasteiger partial charge in [-0.15, -0.1) is 0 Å². The lowest BCUT2D eigenvalue weighted by Crippen LogP contribution is -2.54. The van der Waals surface area contributed by atoms with E-state index in [9.17, 15) is 19.5 Å². The van der Waals surface area contributed by atoms with E-state index in [2.05, 4.69) is 17.6 Å². The van der Waals surface area contributed by atoms with Crippen LogP contribution in [0.3, 0.4) is 0 Å². The Morgan fingerprint density at radius 3 is 2.20 bits per heavy atom. The number of alkyl carbamates (subject to hydrolysis) is 1. The third-order valence-corrected chi connectivity index (χ3v) is 6.61. The summed E-state index contributed by atoms with van der Waals surface area (Å²) in [6.07, 6.45) is 4.24. The van der Waals surface area contributed by atoms with Crippen molar-refractivity contribution in [3.8, 4) is 5.75 Å². The van der Waals surface area contributed by atoms with Gasteiger partial charge in [-0.2, -0.15) is 0 Å². The van der Waals surface area contributed by atoms with Crippen LogP contribution < -0.4 is 10.6 Å². The Morgan fingerprint density at radius 1 is 0.927 bits per heavy atom. The van der Waals surface area contributed by atoms with Crippen LogP contribution in [0.4, 0.5) is 4.79 Å². The van der Waals surface area contributed by atoms with Crippen molar-refractivity contribution in [2.24, 2.45) is 0 Å². The molecule has 0 spiro atoms. The summed E-state index contributed by atoms with van der Waals surface area (Å²) in [6.45, 7) is 13.2. The van der Waals surface area contributed by atoms with E-state index in [-0.39, 0.29) is 24.8 Å². The number of carbonyl (C=O) groups excluding carboxylic acids is 3. The predicted octanol–water partition coefficient (Wildman–Crippen LogP) is 6.20. The van der Waals surface area contributed by atoms with Gasteiger partial charge in [-0.3, -0.25) is 9.59 Å². The number of nitrogens with one attached hydrogen (secondary N) is 2. The Morgan fingerprint density at radius 2 is 1.59 bits per heavy atom. The normalized spacial score (nSPS) is 12.9. The number of carbonyl (C=O) groups is 3. The second kappa shape index (κ2) is 16.0. The van der Waals surface area contributed by atoms with E-state index in [1.807, 2.05) is 44.2 Å². The van der Waals surface area contributed by atoms with Crippen LogP contribution in [-0.2, 0) is 20.7 Å². The number of amides is 3. The average molecular weight is 568 g/mol. The number of benzene rings is 2. The number of hydrogen-bond donors (Lipinski definition) is 3. The number of aromatic hydroxyl groups is 1. The van der Waals surface area contributed by atoms with E-state index >= 15 is 0 Å². The van der Waals surface area contributed by atoms with E-state index in [1.165, 1.54) is 4.90 Å². The first kappa shape index (κ1) is 33.7. The minimum Gasteiger partial charge on any atom is -0.507 e. The van der Waals surface area contributed by atoms with Crippen LogP contribution in [0.1, 0.15) is 96.4 Å². The fourth-order valence-electron chi connectivity index (χ4n) is 4.67. The van der Waals surface area contributed by atoms with Crippen LogP contribution in [0.25, 0.3) is 0 Å². The Bertz CT molecular complexity index is 1130. The monoisotopic (exact) mass is 567 g/mol. The summed E-state index contributed by atoms with van der Waals surface area (Å²) >= 11 is 0. The van der Waals surface area contributed by atoms with Crippen molar-refractivity contribution in [3.63, 3.8) is 0 Å². The first-order valence-corrected chi connectivity index (χ1v) is 14.8. The van der Waals surface area contributed by atoms with Crippen LogP contribution in [0.2, 0.25) is 0 Å². The van der Waals surface area contributed by atoms with Crippen molar-refractivity contribution in [3.05, 3.63) is 65.2 Å². The van der Waals surface area contributed by atoms with Crippen molar-refractivity contribution in [1.29, 1.82) is 0 Å². The van der Waals surface area contributed by atoms with E-state index in [4.69, 9.17) is 4.74 Å². The Balaban J connectivity index is 2.58. The Hall–Kier alpha value is -3.55. The minimum absolute atomic E-state index is 0.0279. The number of unbranched alkanes of at least 4 members (excludes halogenated alkanes) is 4. The lowest BCUT2D eigenvalue weighted by Gasteiger charge is -2.35. The molecule has 0 aliphatic carbocycles. The lowest BCUT2D eigenvalue weighted by atomic mass is 9.97. The fraction of sp³-hybridized carbons (Fsp3) is 0.545. The van der Waals surface area contributed by atoms with Gasteiger partial charge in [0.25, 0.3) is 0 Å². The largest absolute Gasteiger partial charge is 0.507 e. The number of phenolic OH excluding ortho intramolecular Hbond substituents is 1. The first-order valence-electron chi connectivity index (χ1n) is 14.8. The van der Waals surface area contributed by atoms with Crippen molar-refractivity contribution >= 4 is 17.9 Å². The zero-order valence-electron chi connectivity index (χ0n) is 25.8. The molecule has 41 heavy (non-hydrogen) atoms. The highest BCUT2D eigenvalue weighted by Gasteiger charge is 2.37. The summed E-state index contributed by atoms with van der Waals surface area (Å²) < 4.78 is 5.50. The molecule has 3 amide bonds. The predicted molar refractivity (Wildman–Crippen MR) is 163 cm³/mol. The highest BCUT2D eigenvalue weighted by Crippen LogP contribution is 2.33. The third-order valence-electron chi connectivity index (χ3n) is 6.61. The van der Waals surface area contributed by atoms with Crippen molar-refractivity contribution in [2.45, 2.75) is 111 Å². The van der Waals surface area contributed by atoms with Gasteiger partial charge in [0.15, 0.2) is 0 Å². The van der Waals surface area contributed by atoms with Gasteiger partial charge in [0, 0.05) is 24.6 Å². The molecule has 8 heteroatoms. The van der Waals surface area contributed by atoms with Crippen molar-refractivity contribution in [1.82, 2.24) is 15.5 Å². The molecule has 0 heterocycles. The van der Waals surface area contributed by atoms with Gasteiger partial charge in [-0.25, -0.2) is 4.79 Å². The van der Waals surface area contributed by atoms with Gasteiger partial charge >= 0.3 is 6.09 Å². The second-order valence-corrected chi connectivity index (χ2v) is 11.9. The molecular weight excluding hydrogens is 518 g/mol. The van der Waals surface area contributed by atoms with E-state index < -0.39 is 35.6 Å². The molecule has 0 bridgehead atoms. The zero-order chi connectivity index (χ0) is 30.6. The summed E-state index contributed by atoms with van der Waals surface area (Å²) in [5.41, 5.74) is 1.05. The van der Waals surface area contributed by atoms with Crippen molar-refractivity contribution < 1.29 is 24.2 Å². The molecule has 0 fully saturated rings. The van der Waals surface area contributed by atoms with Gasteiger partial charge in [0.1, 0.15) is 23.4 Å². The summed E-state index contributed by atoms with van der Waals surface area (Å²) in [7, 11) is 0. The van der Waals surface area contributed by atoms with E-state index in [0.29, 0.717) is 17.5 Å². The van der Waals surface area contributed by atoms with Gasteiger partial charge in [-0.05, 0) is 59.1 Å². The SMILES string of the molecule is CCCCCCCN(C(=O)C(Cc1ccccc1)NC(=O)OC(C)(C)C)C(C(=O)NC(C)C)c1cccc(C)c1O. The van der Waals surface area contributed by atoms with Gasteiger partial charge in [0.05, 0.1) is 0 Å². The molecule has 226 valence electrons. The van der Waals surface area contributed by atoms with Gasteiger partial charge in [-0.1, -0.05) is 81.1 Å². The highest BCUT2D eigenvalue weighted by atomic mass is 16.6. The highest BCUT2D eigenvalue weighted by molar-refractivity contribution is 5.93. The van der Waals surface area contributed by atoms with Crippen LogP contribution in [0.5, 0.6) is 5.75 Å². The number of ether oxygens (including phenoxy) is 1. The summed E-state index contributed by atoms with van der Waals surface area (Å²) in [6, 6.07) is 12.4. The second-order valence-electron chi connectivity index (χ2n) is 11.9. The molecule has 0 saturated carbocycles. The molecule has 0 aliphatic heterocycles. The maximum atomic E-state index is 14.5. The topological polar surface area (TPSA) is 108 Å². The molecule has 2 unspecified atom stereocenters. The summed E-state index contributed by atoms with van der Waals surface area (Å²) in [5.74, 6) is -0.835. The molecule has 2 atom stereocenters. The molecule has 2 rings (SSSR count). The third kappa shape index (κ3) is 11.1. The van der Waals surface area contributed by atoms with E-state index in [0.717, 1.165) is 31.2 Å². The molecule has 0 aliphatic rings. The fourth-order valence-corrected chi connectivity index (χ4v) is 4.67.